The molecule has 0 aliphatic heterocycles. The van der Waals surface area contributed by atoms with E-state index in [1.165, 1.54) is 5.56 Å². The van der Waals surface area contributed by atoms with Crippen LogP contribution in [0.4, 0.5) is 0 Å². The number of hydrogen-bond donors (Lipinski definition) is 1. The number of rotatable bonds is 4. The summed E-state index contributed by atoms with van der Waals surface area (Å²) in [4.78, 5) is 15.1. The lowest BCUT2D eigenvalue weighted by Crippen LogP contribution is -2.01. The molecule has 4 heteroatoms. The Bertz CT molecular complexity index is 748. The minimum atomic E-state index is -0.896. The first kappa shape index (κ1) is 12.4. The molecule has 0 saturated carbocycles. The van der Waals surface area contributed by atoms with Gasteiger partial charge in [0.15, 0.2) is 0 Å². The topological polar surface area (TPSA) is 55.1 Å². The van der Waals surface area contributed by atoms with Crippen LogP contribution in [0.15, 0.2) is 55.0 Å². The Kier molecular flexibility index (Phi) is 3.21. The molecule has 2 heterocycles. The second-order valence-corrected chi connectivity index (χ2v) is 4.70. The maximum absolute atomic E-state index is 11.0. The van der Waals surface area contributed by atoms with Crippen molar-refractivity contribution in [2.75, 3.05) is 0 Å². The van der Waals surface area contributed by atoms with Crippen molar-refractivity contribution < 1.29 is 9.90 Å². The van der Waals surface area contributed by atoms with Gasteiger partial charge in [0.25, 0.3) is 0 Å². The number of nitrogens with zero attached hydrogens (tertiary/aromatic N) is 2. The van der Waals surface area contributed by atoms with Crippen LogP contribution in [0.2, 0.25) is 0 Å². The number of benzene rings is 1. The predicted octanol–water partition coefficient (Wildman–Crippen LogP) is 2.98. The zero-order chi connectivity index (χ0) is 13.9. The Labute approximate surface area is 116 Å². The van der Waals surface area contributed by atoms with Crippen LogP contribution < -0.4 is 0 Å². The van der Waals surface area contributed by atoms with E-state index in [2.05, 4.69) is 9.55 Å². The van der Waals surface area contributed by atoms with Crippen molar-refractivity contribution in [1.82, 2.24) is 9.55 Å². The normalized spacial score (nSPS) is 10.8. The summed E-state index contributed by atoms with van der Waals surface area (Å²) in [6.07, 6.45) is 6.48. The second-order valence-electron chi connectivity index (χ2n) is 4.70. The number of fused-ring (bicyclic) bond motifs is 1. The summed E-state index contributed by atoms with van der Waals surface area (Å²) in [5, 5.41) is 10.1. The highest BCUT2D eigenvalue weighted by atomic mass is 16.4. The van der Waals surface area contributed by atoms with Crippen LogP contribution in [0.5, 0.6) is 0 Å². The maximum atomic E-state index is 11.0. The highest BCUT2D eigenvalue weighted by molar-refractivity contribution is 5.93. The number of aryl methyl sites for hydroxylation is 2. The van der Waals surface area contributed by atoms with Crippen LogP contribution >= 0.6 is 0 Å². The number of carbonyl (C=O) groups is 1. The van der Waals surface area contributed by atoms with E-state index in [1.807, 2.05) is 36.7 Å². The first-order chi connectivity index (χ1) is 9.74. The quantitative estimate of drug-likeness (QED) is 0.789. The lowest BCUT2D eigenvalue weighted by molar-refractivity contribution is 0.0697. The van der Waals surface area contributed by atoms with Gasteiger partial charge in [-0.05, 0) is 41.6 Å². The molecule has 0 saturated heterocycles. The van der Waals surface area contributed by atoms with Gasteiger partial charge in [0.2, 0.25) is 0 Å². The molecule has 0 bridgehead atoms. The standard InChI is InChI=1S/C16H14N2O2/c19-16(20)14-4-3-13-6-9-18(15(13)10-14)8-5-12-2-1-7-17-11-12/h1-4,6-7,9-11H,5,8H2,(H,19,20). The Hall–Kier alpha value is -2.62. The van der Waals surface area contributed by atoms with Gasteiger partial charge in [0.05, 0.1) is 5.56 Å². The third-order valence-electron chi connectivity index (χ3n) is 3.39. The molecule has 1 aromatic carbocycles. The first-order valence-electron chi connectivity index (χ1n) is 6.45. The molecular weight excluding hydrogens is 252 g/mol. The number of aromatic nitrogens is 2. The van der Waals surface area contributed by atoms with E-state index in [0.717, 1.165) is 23.9 Å². The maximum Gasteiger partial charge on any atom is 0.335 e. The van der Waals surface area contributed by atoms with Crippen molar-refractivity contribution in [2.45, 2.75) is 13.0 Å². The predicted molar refractivity (Wildman–Crippen MR) is 76.8 cm³/mol. The summed E-state index contributed by atoms with van der Waals surface area (Å²) in [6.45, 7) is 0.804. The lowest BCUT2D eigenvalue weighted by Gasteiger charge is -2.06. The second kappa shape index (κ2) is 5.17. The van der Waals surface area contributed by atoms with Crippen LogP contribution in [0.3, 0.4) is 0 Å². The molecule has 0 fully saturated rings. The molecule has 0 spiro atoms. The van der Waals surface area contributed by atoms with Gasteiger partial charge >= 0.3 is 5.97 Å². The SMILES string of the molecule is O=C(O)c1ccc2ccn(CCc3cccnc3)c2c1. The number of hydrogen-bond acceptors (Lipinski definition) is 2. The Morgan fingerprint density at radius 2 is 2.15 bits per heavy atom. The van der Waals surface area contributed by atoms with Crippen LogP contribution in [0.1, 0.15) is 15.9 Å². The fraction of sp³-hybridized carbons (Fsp3) is 0.125. The van der Waals surface area contributed by atoms with Crippen molar-refractivity contribution >= 4 is 16.9 Å². The van der Waals surface area contributed by atoms with Gasteiger partial charge in [0, 0.05) is 30.7 Å². The van der Waals surface area contributed by atoms with E-state index in [9.17, 15) is 4.79 Å². The lowest BCUT2D eigenvalue weighted by atomic mass is 10.1. The Morgan fingerprint density at radius 1 is 1.25 bits per heavy atom. The summed E-state index contributed by atoms with van der Waals surface area (Å²) in [7, 11) is 0. The minimum absolute atomic E-state index is 0.318. The van der Waals surface area contributed by atoms with Gasteiger partial charge in [-0.15, -0.1) is 0 Å². The van der Waals surface area contributed by atoms with Crippen LogP contribution in [0, 0.1) is 0 Å². The Morgan fingerprint density at radius 3 is 2.90 bits per heavy atom. The summed E-state index contributed by atoms with van der Waals surface area (Å²) >= 11 is 0. The molecule has 0 aliphatic rings. The molecule has 0 unspecified atom stereocenters. The highest BCUT2D eigenvalue weighted by Crippen LogP contribution is 2.18. The van der Waals surface area contributed by atoms with Crippen LogP contribution in [0.25, 0.3) is 10.9 Å². The number of carboxylic acid groups (broad SMARTS) is 1. The van der Waals surface area contributed by atoms with Crippen molar-refractivity contribution in [3.05, 3.63) is 66.1 Å². The molecule has 3 aromatic rings. The molecule has 0 radical (unpaired) electrons. The van der Waals surface area contributed by atoms with Gasteiger partial charge < -0.3 is 9.67 Å². The fourth-order valence-corrected chi connectivity index (χ4v) is 2.31. The minimum Gasteiger partial charge on any atom is -0.478 e. The molecular formula is C16H14N2O2. The third kappa shape index (κ3) is 2.40. The van der Waals surface area contributed by atoms with Gasteiger partial charge in [-0.1, -0.05) is 12.1 Å². The number of carboxylic acids is 1. The molecule has 20 heavy (non-hydrogen) atoms. The van der Waals surface area contributed by atoms with Gasteiger partial charge in [-0.2, -0.15) is 0 Å². The Balaban J connectivity index is 1.88. The molecule has 0 amide bonds. The van der Waals surface area contributed by atoms with E-state index >= 15 is 0 Å². The van der Waals surface area contributed by atoms with E-state index in [0.29, 0.717) is 5.56 Å². The zero-order valence-electron chi connectivity index (χ0n) is 10.9. The van der Waals surface area contributed by atoms with Crippen LogP contribution in [-0.2, 0) is 13.0 Å². The van der Waals surface area contributed by atoms with Crippen LogP contribution in [-0.4, -0.2) is 20.6 Å². The van der Waals surface area contributed by atoms with Crippen molar-refractivity contribution in [1.29, 1.82) is 0 Å². The summed E-state index contributed by atoms with van der Waals surface area (Å²) in [5.41, 5.74) is 2.44. The van der Waals surface area contributed by atoms with Gasteiger partial charge in [-0.25, -0.2) is 4.79 Å². The summed E-state index contributed by atoms with van der Waals surface area (Å²) in [6, 6.07) is 11.2. The van der Waals surface area contributed by atoms with E-state index in [-0.39, 0.29) is 0 Å². The summed E-state index contributed by atoms with van der Waals surface area (Å²) < 4.78 is 2.08. The van der Waals surface area contributed by atoms with E-state index in [4.69, 9.17) is 5.11 Å². The highest BCUT2D eigenvalue weighted by Gasteiger charge is 2.07. The molecule has 1 N–H and O–H groups in total. The molecule has 0 aliphatic carbocycles. The third-order valence-corrected chi connectivity index (χ3v) is 3.39. The fourth-order valence-electron chi connectivity index (χ4n) is 2.31. The van der Waals surface area contributed by atoms with Gasteiger partial charge in [-0.3, -0.25) is 4.98 Å². The molecule has 4 nitrogen and oxygen atoms in total. The van der Waals surface area contributed by atoms with Crippen molar-refractivity contribution in [2.24, 2.45) is 0 Å². The first-order valence-corrected chi connectivity index (χ1v) is 6.45. The zero-order valence-corrected chi connectivity index (χ0v) is 10.9. The van der Waals surface area contributed by atoms with Gasteiger partial charge in [0.1, 0.15) is 0 Å². The monoisotopic (exact) mass is 266 g/mol. The number of aromatic carboxylic acids is 1. The number of pyridine rings is 1. The molecule has 2 aromatic heterocycles. The van der Waals surface area contributed by atoms with E-state index in [1.54, 1.807) is 18.3 Å². The average Bonchev–Trinajstić information content (AvgIpc) is 2.88. The molecule has 3 rings (SSSR count). The summed E-state index contributed by atoms with van der Waals surface area (Å²) in [5.74, 6) is -0.896. The smallest absolute Gasteiger partial charge is 0.335 e. The molecule has 0 atom stereocenters. The molecule has 100 valence electrons. The van der Waals surface area contributed by atoms with Crippen molar-refractivity contribution in [3.8, 4) is 0 Å². The largest absolute Gasteiger partial charge is 0.478 e. The van der Waals surface area contributed by atoms with E-state index < -0.39 is 5.97 Å². The average molecular weight is 266 g/mol. The van der Waals surface area contributed by atoms with Crippen molar-refractivity contribution in [3.63, 3.8) is 0 Å².